The lowest BCUT2D eigenvalue weighted by Gasteiger charge is -2.06. The van der Waals surface area contributed by atoms with Gasteiger partial charge in [0, 0.05) is 25.7 Å². The van der Waals surface area contributed by atoms with E-state index in [0.717, 1.165) is 77.0 Å². The number of hydrogen-bond donors (Lipinski definition) is 0. The molecule has 0 radical (unpaired) electrons. The average Bonchev–Trinajstić information content (AvgIpc) is 3.19. The van der Waals surface area contributed by atoms with Gasteiger partial charge in [0.15, 0.2) is 0 Å². The number of carbonyl (C=O) groups is 4. The maximum absolute atomic E-state index is 11.7. The fourth-order valence-corrected chi connectivity index (χ4v) is 6.35. The number of ether oxygens (including phenoxy) is 4. The van der Waals surface area contributed by atoms with Gasteiger partial charge in [-0.25, -0.2) is 0 Å². The Kier molecular flexibility index (Phi) is 49.0. The lowest BCUT2D eigenvalue weighted by molar-refractivity contribution is -0.146. The smallest absolute Gasteiger partial charge is 0.305 e. The summed E-state index contributed by atoms with van der Waals surface area (Å²) >= 11 is 0. The molecule has 0 fully saturated rings. The Morgan fingerprint density at radius 1 is 0.232 bits per heavy atom. The van der Waals surface area contributed by atoms with Gasteiger partial charge in [0.25, 0.3) is 0 Å². The molecule has 8 heteroatoms. The summed E-state index contributed by atoms with van der Waals surface area (Å²) in [5.74, 6) is -0.369. The largest absolute Gasteiger partial charge is 0.466 e. The molecule has 0 aliphatic carbocycles. The number of carbonyl (C=O) groups excluding carboxylic acids is 4. The second-order valence-electron chi connectivity index (χ2n) is 15.8. The second kappa shape index (κ2) is 49.0. The lowest BCUT2D eigenvalue weighted by Crippen LogP contribution is -2.08. The molecule has 0 bridgehead atoms. The van der Waals surface area contributed by atoms with E-state index in [9.17, 15) is 19.2 Å². The molecule has 0 heterocycles. The third kappa shape index (κ3) is 49.9. The minimum absolute atomic E-state index is 0.0448. The standard InChI is InChI=1S/C26H50O4.C22H42O4/c1-3-5-7-9-15-19-23-29-25(27)21-17-13-11-12-14-18-22-26(28)30-24-20-16-10-8-6-4-2;1-3-5-7-9-11-15-19-25-21(23)17-13-14-18-22(24)26-20-16-12-10-8-6-4-2/h3-24H2,1-2H3;3-20H2,1-2H3. The molecule has 0 atom stereocenters. The van der Waals surface area contributed by atoms with E-state index in [0.29, 0.717) is 65.0 Å². The molecule has 0 aromatic carbocycles. The van der Waals surface area contributed by atoms with Crippen LogP contribution in [0.5, 0.6) is 0 Å². The first-order valence-electron chi connectivity index (χ1n) is 24.0. The molecule has 56 heavy (non-hydrogen) atoms. The molecule has 0 saturated carbocycles. The Hall–Kier alpha value is -2.12. The van der Waals surface area contributed by atoms with Crippen molar-refractivity contribution in [3.8, 4) is 0 Å². The van der Waals surface area contributed by atoms with Crippen molar-refractivity contribution in [2.45, 2.75) is 259 Å². The minimum Gasteiger partial charge on any atom is -0.466 e. The van der Waals surface area contributed by atoms with Crippen LogP contribution in [0.3, 0.4) is 0 Å². The molecule has 332 valence electrons. The van der Waals surface area contributed by atoms with E-state index in [-0.39, 0.29) is 23.9 Å². The second-order valence-corrected chi connectivity index (χ2v) is 15.8. The van der Waals surface area contributed by atoms with Gasteiger partial charge in [0.2, 0.25) is 0 Å². The predicted molar refractivity (Wildman–Crippen MR) is 233 cm³/mol. The summed E-state index contributed by atoms with van der Waals surface area (Å²) in [6, 6.07) is 0. The summed E-state index contributed by atoms with van der Waals surface area (Å²) in [5, 5.41) is 0. The molecule has 0 N–H and O–H groups in total. The molecule has 0 aliphatic rings. The summed E-state index contributed by atoms with van der Waals surface area (Å²) in [4.78, 5) is 46.6. The van der Waals surface area contributed by atoms with E-state index >= 15 is 0 Å². The summed E-state index contributed by atoms with van der Waals surface area (Å²) in [7, 11) is 0. The zero-order valence-corrected chi connectivity index (χ0v) is 37.6. The fourth-order valence-electron chi connectivity index (χ4n) is 6.35. The van der Waals surface area contributed by atoms with Crippen molar-refractivity contribution in [3.63, 3.8) is 0 Å². The molecule has 0 aromatic rings. The van der Waals surface area contributed by atoms with Crippen molar-refractivity contribution in [1.82, 2.24) is 0 Å². The van der Waals surface area contributed by atoms with Crippen LogP contribution >= 0.6 is 0 Å². The normalized spacial score (nSPS) is 10.8. The Morgan fingerprint density at radius 3 is 0.607 bits per heavy atom. The van der Waals surface area contributed by atoms with Crippen molar-refractivity contribution in [2.24, 2.45) is 0 Å². The van der Waals surface area contributed by atoms with Crippen molar-refractivity contribution in [3.05, 3.63) is 0 Å². The van der Waals surface area contributed by atoms with Gasteiger partial charge in [-0.15, -0.1) is 0 Å². The topological polar surface area (TPSA) is 105 Å². The quantitative estimate of drug-likeness (QED) is 0.0342. The highest BCUT2D eigenvalue weighted by atomic mass is 16.5. The molecular weight excluding hydrogens is 705 g/mol. The van der Waals surface area contributed by atoms with Gasteiger partial charge in [-0.3, -0.25) is 19.2 Å². The molecule has 0 aromatic heterocycles. The van der Waals surface area contributed by atoms with Gasteiger partial charge in [-0.05, 0) is 51.4 Å². The highest BCUT2D eigenvalue weighted by Crippen LogP contribution is 2.12. The third-order valence-corrected chi connectivity index (χ3v) is 10.1. The maximum Gasteiger partial charge on any atom is 0.305 e. The number of unbranched alkanes of at least 4 members (excludes halogenated alkanes) is 26. The molecular formula is C48H92O8. The van der Waals surface area contributed by atoms with Crippen LogP contribution in [-0.2, 0) is 38.1 Å². The highest BCUT2D eigenvalue weighted by molar-refractivity contribution is 5.70. The number of hydrogen-bond acceptors (Lipinski definition) is 8. The first-order valence-corrected chi connectivity index (χ1v) is 24.0. The predicted octanol–water partition coefficient (Wildman–Crippen LogP) is 14.3. The monoisotopic (exact) mass is 797 g/mol. The molecule has 0 unspecified atom stereocenters. The third-order valence-electron chi connectivity index (χ3n) is 10.1. The molecule has 8 nitrogen and oxygen atoms in total. The van der Waals surface area contributed by atoms with Crippen LogP contribution in [0.15, 0.2) is 0 Å². The molecule has 0 aliphatic heterocycles. The van der Waals surface area contributed by atoms with Crippen LogP contribution in [0.2, 0.25) is 0 Å². The first-order chi connectivity index (χ1) is 27.4. The fraction of sp³-hybridized carbons (Fsp3) is 0.917. The van der Waals surface area contributed by atoms with Crippen LogP contribution < -0.4 is 0 Å². The Labute approximate surface area is 346 Å². The van der Waals surface area contributed by atoms with Gasteiger partial charge in [-0.1, -0.05) is 182 Å². The van der Waals surface area contributed by atoms with Crippen molar-refractivity contribution >= 4 is 23.9 Å². The molecule has 0 rings (SSSR count). The molecule has 0 spiro atoms. The van der Waals surface area contributed by atoms with E-state index in [4.69, 9.17) is 18.9 Å². The van der Waals surface area contributed by atoms with Crippen LogP contribution in [0.4, 0.5) is 0 Å². The van der Waals surface area contributed by atoms with Gasteiger partial charge < -0.3 is 18.9 Å². The molecule has 0 saturated heterocycles. The summed E-state index contributed by atoms with van der Waals surface area (Å²) < 4.78 is 21.0. The summed E-state index contributed by atoms with van der Waals surface area (Å²) in [5.41, 5.74) is 0. The van der Waals surface area contributed by atoms with Crippen LogP contribution in [-0.4, -0.2) is 50.3 Å². The Balaban J connectivity index is 0. The summed E-state index contributed by atoms with van der Waals surface area (Å²) in [6.45, 7) is 11.1. The maximum atomic E-state index is 11.7. The summed E-state index contributed by atoms with van der Waals surface area (Å²) in [6.07, 6.45) is 38.3. The van der Waals surface area contributed by atoms with Gasteiger partial charge >= 0.3 is 23.9 Å². The zero-order valence-electron chi connectivity index (χ0n) is 37.6. The first kappa shape index (κ1) is 56.0. The Bertz CT molecular complexity index is 777. The highest BCUT2D eigenvalue weighted by Gasteiger charge is 2.07. The van der Waals surface area contributed by atoms with Crippen molar-refractivity contribution in [1.29, 1.82) is 0 Å². The van der Waals surface area contributed by atoms with Crippen LogP contribution in [0.1, 0.15) is 259 Å². The number of esters is 4. The van der Waals surface area contributed by atoms with E-state index < -0.39 is 0 Å². The number of rotatable bonds is 42. The van der Waals surface area contributed by atoms with Crippen LogP contribution in [0, 0.1) is 0 Å². The van der Waals surface area contributed by atoms with Crippen LogP contribution in [0.25, 0.3) is 0 Å². The van der Waals surface area contributed by atoms with E-state index in [2.05, 4.69) is 27.7 Å². The SMILES string of the molecule is CCCCCCCCOC(=O)CCCCC(=O)OCCCCCCCC.CCCCCCCCOC(=O)CCCCCCCCC(=O)OCCCCCCCC. The zero-order chi connectivity index (χ0) is 41.4. The van der Waals surface area contributed by atoms with Gasteiger partial charge in [0.05, 0.1) is 26.4 Å². The van der Waals surface area contributed by atoms with Crippen molar-refractivity contribution < 1.29 is 38.1 Å². The van der Waals surface area contributed by atoms with E-state index in [1.165, 1.54) is 116 Å². The average molecular weight is 797 g/mol. The molecule has 0 amide bonds. The van der Waals surface area contributed by atoms with E-state index in [1.54, 1.807) is 0 Å². The van der Waals surface area contributed by atoms with Gasteiger partial charge in [0.1, 0.15) is 0 Å². The Morgan fingerprint density at radius 2 is 0.393 bits per heavy atom. The van der Waals surface area contributed by atoms with Gasteiger partial charge in [-0.2, -0.15) is 0 Å². The lowest BCUT2D eigenvalue weighted by atomic mass is 10.1. The van der Waals surface area contributed by atoms with Crippen molar-refractivity contribution in [2.75, 3.05) is 26.4 Å². The minimum atomic E-state index is -0.140. The van der Waals surface area contributed by atoms with E-state index in [1.807, 2.05) is 0 Å².